The second kappa shape index (κ2) is 5.43. The molecule has 0 unspecified atom stereocenters. The van der Waals surface area contributed by atoms with E-state index in [1.165, 1.54) is 0 Å². The average Bonchev–Trinajstić information content (AvgIpc) is 2.34. The van der Waals surface area contributed by atoms with Crippen molar-refractivity contribution in [2.24, 2.45) is 0 Å². The molecule has 2 nitrogen and oxygen atoms in total. The maximum atomic E-state index is 9.03. The van der Waals surface area contributed by atoms with Crippen LogP contribution in [0.5, 0.6) is 11.5 Å². The molecule has 0 bridgehead atoms. The van der Waals surface area contributed by atoms with Gasteiger partial charge in [0.1, 0.15) is 17.6 Å². The Morgan fingerprint density at radius 2 is 1.94 bits per heavy atom. The maximum Gasteiger partial charge on any atom is 0.146 e. The molecule has 0 radical (unpaired) electrons. The molecule has 0 fully saturated rings. The lowest BCUT2D eigenvalue weighted by atomic mass is 10.2. The topological polar surface area (TPSA) is 33.0 Å². The summed E-state index contributed by atoms with van der Waals surface area (Å²) in [7, 11) is 0. The smallest absolute Gasteiger partial charge is 0.146 e. The fourth-order valence-corrected chi connectivity index (χ4v) is 1.98. The third kappa shape index (κ3) is 2.84. The Morgan fingerprint density at radius 1 is 1.17 bits per heavy atom. The van der Waals surface area contributed by atoms with Crippen LogP contribution in [0.1, 0.15) is 11.1 Å². The Balaban J connectivity index is 2.43. The van der Waals surface area contributed by atoms with Crippen LogP contribution in [0.25, 0.3) is 0 Å². The molecular weight excluding hydrogens is 314 g/mol. The molecule has 0 aromatic heterocycles. The van der Waals surface area contributed by atoms with Crippen LogP contribution in [0.15, 0.2) is 40.9 Å². The van der Waals surface area contributed by atoms with E-state index in [1.807, 2.05) is 19.1 Å². The number of rotatable bonds is 2. The number of nitrogens with zero attached hydrogens (tertiary/aromatic N) is 1. The highest BCUT2D eigenvalue weighted by Gasteiger charge is 2.08. The van der Waals surface area contributed by atoms with E-state index in [9.17, 15) is 0 Å². The van der Waals surface area contributed by atoms with Gasteiger partial charge < -0.3 is 4.74 Å². The van der Waals surface area contributed by atoms with Gasteiger partial charge in [0.25, 0.3) is 0 Å². The van der Waals surface area contributed by atoms with E-state index in [-0.39, 0.29) is 0 Å². The molecule has 2 aromatic rings. The first-order chi connectivity index (χ1) is 8.60. The van der Waals surface area contributed by atoms with Crippen LogP contribution in [0.4, 0.5) is 0 Å². The minimum Gasteiger partial charge on any atom is -0.454 e. The summed E-state index contributed by atoms with van der Waals surface area (Å²) in [6.45, 7) is 1.95. The van der Waals surface area contributed by atoms with E-state index >= 15 is 0 Å². The Bertz CT molecular complexity index is 634. The molecular formula is C14H9BrClNO. The number of halogens is 2. The molecule has 2 rings (SSSR count). The highest BCUT2D eigenvalue weighted by atomic mass is 79.9. The summed E-state index contributed by atoms with van der Waals surface area (Å²) in [4.78, 5) is 0. The van der Waals surface area contributed by atoms with Gasteiger partial charge >= 0.3 is 0 Å². The van der Waals surface area contributed by atoms with Crippen LogP contribution in [0.2, 0.25) is 5.02 Å². The number of hydrogen-bond donors (Lipinski definition) is 0. The van der Waals surface area contributed by atoms with Crippen molar-refractivity contribution in [1.82, 2.24) is 0 Å². The zero-order chi connectivity index (χ0) is 13.1. The van der Waals surface area contributed by atoms with E-state index < -0.39 is 0 Å². The Hall–Kier alpha value is -1.50. The zero-order valence-corrected chi connectivity index (χ0v) is 11.9. The first kappa shape index (κ1) is 12.9. The molecule has 0 spiro atoms. The minimum absolute atomic E-state index is 0.468. The standard InChI is InChI=1S/C14H9BrClNO/c1-9-2-5-12(16)14(6-9)18-13-7-11(15)4-3-10(13)8-17/h2-7H,1H3. The molecule has 0 aliphatic rings. The minimum atomic E-state index is 0.468. The monoisotopic (exact) mass is 321 g/mol. The second-order valence-electron chi connectivity index (χ2n) is 3.79. The first-order valence-corrected chi connectivity index (χ1v) is 6.41. The van der Waals surface area contributed by atoms with Gasteiger partial charge in [0.2, 0.25) is 0 Å². The SMILES string of the molecule is Cc1ccc(Cl)c(Oc2cc(Br)ccc2C#N)c1. The second-order valence-corrected chi connectivity index (χ2v) is 5.11. The summed E-state index contributed by atoms with van der Waals surface area (Å²) in [6, 6.07) is 12.8. The maximum absolute atomic E-state index is 9.03. The number of aryl methyl sites for hydroxylation is 1. The van der Waals surface area contributed by atoms with Crippen molar-refractivity contribution in [3.63, 3.8) is 0 Å². The van der Waals surface area contributed by atoms with Crippen LogP contribution in [-0.4, -0.2) is 0 Å². The van der Waals surface area contributed by atoms with E-state index in [1.54, 1.807) is 24.3 Å². The molecule has 0 amide bonds. The molecule has 4 heteroatoms. The average molecular weight is 323 g/mol. The number of ether oxygens (including phenoxy) is 1. The van der Waals surface area contributed by atoms with Crippen LogP contribution in [0, 0.1) is 18.3 Å². The summed E-state index contributed by atoms with van der Waals surface area (Å²) < 4.78 is 6.56. The third-order valence-electron chi connectivity index (χ3n) is 2.37. The van der Waals surface area contributed by atoms with Crippen molar-refractivity contribution in [3.05, 3.63) is 57.0 Å². The summed E-state index contributed by atoms with van der Waals surface area (Å²) in [5.41, 5.74) is 1.51. The van der Waals surface area contributed by atoms with Gasteiger partial charge in [-0.05, 0) is 42.8 Å². The summed E-state index contributed by atoms with van der Waals surface area (Å²) >= 11 is 9.41. The van der Waals surface area contributed by atoms with Gasteiger partial charge in [0, 0.05) is 4.47 Å². The Kier molecular flexibility index (Phi) is 3.90. The summed E-state index contributed by atoms with van der Waals surface area (Å²) in [5, 5.41) is 9.55. The van der Waals surface area contributed by atoms with Crippen LogP contribution in [0.3, 0.4) is 0 Å². The molecule has 0 atom stereocenters. The van der Waals surface area contributed by atoms with Crippen molar-refractivity contribution in [2.75, 3.05) is 0 Å². The molecule has 2 aromatic carbocycles. The first-order valence-electron chi connectivity index (χ1n) is 5.24. The predicted octanol–water partition coefficient (Wildman–Crippen LogP) is 5.07. The van der Waals surface area contributed by atoms with Crippen LogP contribution < -0.4 is 4.74 Å². The quantitative estimate of drug-likeness (QED) is 0.773. The fourth-order valence-electron chi connectivity index (χ4n) is 1.48. The summed E-state index contributed by atoms with van der Waals surface area (Å²) in [5.74, 6) is 1.03. The lowest BCUT2D eigenvalue weighted by Crippen LogP contribution is -1.90. The van der Waals surface area contributed by atoms with E-state index in [0.29, 0.717) is 22.1 Å². The van der Waals surface area contributed by atoms with Crippen molar-refractivity contribution in [1.29, 1.82) is 5.26 Å². The van der Waals surface area contributed by atoms with Crippen molar-refractivity contribution in [3.8, 4) is 17.6 Å². The largest absolute Gasteiger partial charge is 0.454 e. The van der Waals surface area contributed by atoms with E-state index in [0.717, 1.165) is 10.0 Å². The molecule has 18 heavy (non-hydrogen) atoms. The number of nitriles is 1. The molecule has 0 aliphatic heterocycles. The van der Waals surface area contributed by atoms with Gasteiger partial charge in [-0.25, -0.2) is 0 Å². The zero-order valence-electron chi connectivity index (χ0n) is 9.58. The van der Waals surface area contributed by atoms with Gasteiger partial charge in [0.05, 0.1) is 10.6 Å². The molecule has 0 N–H and O–H groups in total. The van der Waals surface area contributed by atoms with E-state index in [2.05, 4.69) is 22.0 Å². The third-order valence-corrected chi connectivity index (χ3v) is 3.18. The van der Waals surface area contributed by atoms with Crippen LogP contribution in [-0.2, 0) is 0 Å². The normalized spacial score (nSPS) is 9.89. The van der Waals surface area contributed by atoms with Gasteiger partial charge in [-0.1, -0.05) is 33.6 Å². The molecule has 0 aliphatic carbocycles. The lowest BCUT2D eigenvalue weighted by Gasteiger charge is -2.10. The van der Waals surface area contributed by atoms with Crippen LogP contribution >= 0.6 is 27.5 Å². The number of hydrogen-bond acceptors (Lipinski definition) is 2. The molecule has 0 saturated carbocycles. The highest BCUT2D eigenvalue weighted by molar-refractivity contribution is 9.10. The Morgan fingerprint density at radius 3 is 2.67 bits per heavy atom. The molecule has 0 heterocycles. The van der Waals surface area contributed by atoms with Gasteiger partial charge in [-0.3, -0.25) is 0 Å². The summed E-state index contributed by atoms with van der Waals surface area (Å²) in [6.07, 6.45) is 0. The van der Waals surface area contributed by atoms with Gasteiger partial charge in [-0.15, -0.1) is 0 Å². The van der Waals surface area contributed by atoms with Gasteiger partial charge in [-0.2, -0.15) is 5.26 Å². The number of benzene rings is 2. The predicted molar refractivity (Wildman–Crippen MR) is 75.1 cm³/mol. The highest BCUT2D eigenvalue weighted by Crippen LogP contribution is 2.33. The van der Waals surface area contributed by atoms with Crippen molar-refractivity contribution < 1.29 is 4.74 Å². The van der Waals surface area contributed by atoms with Crippen molar-refractivity contribution in [2.45, 2.75) is 6.92 Å². The Labute approximate surface area is 119 Å². The van der Waals surface area contributed by atoms with E-state index in [4.69, 9.17) is 21.6 Å². The van der Waals surface area contributed by atoms with Gasteiger partial charge in [0.15, 0.2) is 0 Å². The molecule has 90 valence electrons. The van der Waals surface area contributed by atoms with Crippen molar-refractivity contribution >= 4 is 27.5 Å². The molecule has 0 saturated heterocycles. The lowest BCUT2D eigenvalue weighted by molar-refractivity contribution is 0.480. The fraction of sp³-hybridized carbons (Fsp3) is 0.0714.